The number of fused-ring (bicyclic) bond motifs is 1. The molecule has 3 aromatic rings. The average Bonchev–Trinajstić information content (AvgIpc) is 2.54. The Morgan fingerprint density at radius 1 is 1.16 bits per heavy atom. The number of rotatable bonds is 3. The van der Waals surface area contributed by atoms with Gasteiger partial charge in [-0.15, -0.1) is 10.2 Å². The largest absolute Gasteiger partial charge is 0.507 e. The zero-order chi connectivity index (χ0) is 17.6. The highest BCUT2D eigenvalue weighted by atomic mass is 35.5. The van der Waals surface area contributed by atoms with Gasteiger partial charge >= 0.3 is 0 Å². The van der Waals surface area contributed by atoms with Gasteiger partial charge in [-0.3, -0.25) is 4.98 Å². The Hall–Kier alpha value is -2.54. The van der Waals surface area contributed by atoms with Gasteiger partial charge in [-0.05, 0) is 24.3 Å². The highest BCUT2D eigenvalue weighted by Gasteiger charge is 2.45. The van der Waals surface area contributed by atoms with Crippen molar-refractivity contribution >= 4 is 28.2 Å². The molecule has 1 aromatic carbocycles. The molecule has 0 spiro atoms. The molecule has 1 aliphatic carbocycles. The third-order valence-corrected chi connectivity index (χ3v) is 4.46. The lowest BCUT2D eigenvalue weighted by atomic mass is 9.88. The zero-order valence-corrected chi connectivity index (χ0v) is 13.6. The topological polar surface area (TPSA) is 70.9 Å². The van der Waals surface area contributed by atoms with Crippen LogP contribution in [0.5, 0.6) is 5.75 Å². The van der Waals surface area contributed by atoms with E-state index in [1.54, 1.807) is 30.6 Å². The second-order valence-electron chi connectivity index (χ2n) is 6.09. The summed E-state index contributed by atoms with van der Waals surface area (Å²) in [5.74, 6) is -2.23. The number of aromatic hydroxyl groups is 1. The van der Waals surface area contributed by atoms with E-state index in [4.69, 9.17) is 11.6 Å². The minimum Gasteiger partial charge on any atom is -0.507 e. The van der Waals surface area contributed by atoms with Crippen molar-refractivity contribution < 1.29 is 13.9 Å². The molecule has 0 atom stereocenters. The summed E-state index contributed by atoms with van der Waals surface area (Å²) in [6.07, 6.45) is 2.74. The van der Waals surface area contributed by atoms with Gasteiger partial charge in [0.2, 0.25) is 0 Å². The van der Waals surface area contributed by atoms with Crippen LogP contribution in [0.3, 0.4) is 0 Å². The van der Waals surface area contributed by atoms with E-state index in [-0.39, 0.29) is 24.6 Å². The maximum Gasteiger partial charge on any atom is 0.252 e. The first-order valence-electron chi connectivity index (χ1n) is 7.67. The molecule has 0 saturated heterocycles. The van der Waals surface area contributed by atoms with E-state index in [0.717, 1.165) is 0 Å². The summed E-state index contributed by atoms with van der Waals surface area (Å²) in [4.78, 5) is 4.09. The number of nitrogens with zero attached hydrogens (tertiary/aromatic N) is 3. The number of anilines is 1. The summed E-state index contributed by atoms with van der Waals surface area (Å²) in [5.41, 5.74) is 0.950. The Morgan fingerprint density at radius 2 is 1.96 bits per heavy atom. The van der Waals surface area contributed by atoms with Gasteiger partial charge in [0, 0.05) is 52.6 Å². The molecule has 0 aliphatic heterocycles. The molecule has 1 aliphatic rings. The first-order valence-corrected chi connectivity index (χ1v) is 8.04. The zero-order valence-electron chi connectivity index (χ0n) is 12.9. The van der Waals surface area contributed by atoms with Crippen LogP contribution >= 0.6 is 11.6 Å². The lowest BCUT2D eigenvalue weighted by Crippen LogP contribution is -2.44. The lowest BCUT2D eigenvalue weighted by molar-refractivity contribution is -0.0794. The summed E-state index contributed by atoms with van der Waals surface area (Å²) in [6, 6.07) is 6.12. The number of halogens is 3. The van der Waals surface area contributed by atoms with Crippen molar-refractivity contribution in [2.45, 2.75) is 24.8 Å². The van der Waals surface area contributed by atoms with Crippen molar-refractivity contribution in [1.29, 1.82) is 0 Å². The standard InChI is InChI=1S/C17H13ClF2N4O/c18-9-1-2-12(14(25)5-9)15-11-3-4-21-8-13(11)16(24-23-15)22-10-6-17(19,20)7-10/h1-5,8,10,25H,6-7H2,(H,22,24). The van der Waals surface area contributed by atoms with Gasteiger partial charge in [-0.2, -0.15) is 0 Å². The van der Waals surface area contributed by atoms with Crippen LogP contribution in [-0.4, -0.2) is 32.3 Å². The van der Waals surface area contributed by atoms with Gasteiger partial charge in [-0.25, -0.2) is 8.78 Å². The fraction of sp³-hybridized carbons (Fsp3) is 0.235. The predicted molar refractivity (Wildman–Crippen MR) is 91.0 cm³/mol. The smallest absolute Gasteiger partial charge is 0.252 e. The molecule has 0 bridgehead atoms. The molecule has 2 aromatic heterocycles. The van der Waals surface area contributed by atoms with Crippen molar-refractivity contribution in [2.24, 2.45) is 0 Å². The molecular formula is C17H13ClF2N4O. The van der Waals surface area contributed by atoms with Crippen LogP contribution in [0.4, 0.5) is 14.6 Å². The average molecular weight is 363 g/mol. The Bertz CT molecular complexity index is 959. The fourth-order valence-electron chi connectivity index (χ4n) is 2.96. The molecule has 128 valence electrons. The normalized spacial score (nSPS) is 16.6. The summed E-state index contributed by atoms with van der Waals surface area (Å²) in [5, 5.41) is 23.2. The minimum absolute atomic E-state index is 0.0146. The fourth-order valence-corrected chi connectivity index (χ4v) is 3.13. The van der Waals surface area contributed by atoms with Gasteiger partial charge in [0.25, 0.3) is 5.92 Å². The molecule has 25 heavy (non-hydrogen) atoms. The van der Waals surface area contributed by atoms with Gasteiger partial charge in [0.1, 0.15) is 11.4 Å². The van der Waals surface area contributed by atoms with Crippen LogP contribution in [-0.2, 0) is 0 Å². The van der Waals surface area contributed by atoms with E-state index in [9.17, 15) is 13.9 Å². The number of pyridine rings is 1. The summed E-state index contributed by atoms with van der Waals surface area (Å²) in [7, 11) is 0. The van der Waals surface area contributed by atoms with Crippen LogP contribution in [0.25, 0.3) is 22.0 Å². The number of hydrogen-bond donors (Lipinski definition) is 2. The summed E-state index contributed by atoms with van der Waals surface area (Å²) < 4.78 is 26.1. The number of phenols is 1. The van der Waals surface area contributed by atoms with E-state index in [0.29, 0.717) is 32.9 Å². The monoisotopic (exact) mass is 362 g/mol. The van der Waals surface area contributed by atoms with Crippen molar-refractivity contribution in [3.8, 4) is 17.0 Å². The maximum atomic E-state index is 13.0. The second-order valence-corrected chi connectivity index (χ2v) is 6.52. The molecule has 0 amide bonds. The van der Waals surface area contributed by atoms with Gasteiger partial charge in [0.15, 0.2) is 5.82 Å². The Balaban J connectivity index is 1.77. The van der Waals surface area contributed by atoms with E-state index >= 15 is 0 Å². The quantitative estimate of drug-likeness (QED) is 0.728. The van der Waals surface area contributed by atoms with Crippen molar-refractivity contribution in [1.82, 2.24) is 15.2 Å². The molecule has 0 unspecified atom stereocenters. The van der Waals surface area contributed by atoms with E-state index in [1.807, 2.05) is 0 Å². The third kappa shape index (κ3) is 2.95. The molecule has 5 nitrogen and oxygen atoms in total. The number of nitrogens with one attached hydrogen (secondary N) is 1. The van der Waals surface area contributed by atoms with Gasteiger partial charge in [0.05, 0.1) is 0 Å². The molecule has 8 heteroatoms. The van der Waals surface area contributed by atoms with Crippen molar-refractivity contribution in [3.63, 3.8) is 0 Å². The predicted octanol–water partition coefficient (Wildman–Crippen LogP) is 4.26. The van der Waals surface area contributed by atoms with Crippen molar-refractivity contribution in [2.75, 3.05) is 5.32 Å². The highest BCUT2D eigenvalue weighted by molar-refractivity contribution is 6.30. The third-order valence-electron chi connectivity index (χ3n) is 4.23. The van der Waals surface area contributed by atoms with E-state index < -0.39 is 5.92 Å². The lowest BCUT2D eigenvalue weighted by Gasteiger charge is -2.35. The Morgan fingerprint density at radius 3 is 2.68 bits per heavy atom. The highest BCUT2D eigenvalue weighted by Crippen LogP contribution is 2.40. The van der Waals surface area contributed by atoms with Gasteiger partial charge < -0.3 is 10.4 Å². The van der Waals surface area contributed by atoms with E-state index in [2.05, 4.69) is 20.5 Å². The van der Waals surface area contributed by atoms with Crippen LogP contribution in [0.2, 0.25) is 5.02 Å². The molecule has 1 saturated carbocycles. The number of benzene rings is 1. The van der Waals surface area contributed by atoms with Crippen LogP contribution in [0, 0.1) is 0 Å². The molecule has 4 rings (SSSR count). The van der Waals surface area contributed by atoms with Crippen LogP contribution in [0.1, 0.15) is 12.8 Å². The molecule has 0 radical (unpaired) electrons. The SMILES string of the molecule is Oc1cc(Cl)ccc1-c1nnc(NC2CC(F)(F)C2)c2cnccc12. The molecule has 1 fully saturated rings. The molecule has 2 N–H and O–H groups in total. The van der Waals surface area contributed by atoms with Gasteiger partial charge in [-0.1, -0.05) is 11.6 Å². The Labute approximate surface area is 146 Å². The summed E-state index contributed by atoms with van der Waals surface area (Å²) >= 11 is 5.87. The minimum atomic E-state index is -2.62. The Kier molecular flexibility index (Phi) is 3.68. The second kappa shape index (κ2) is 5.77. The number of hydrogen-bond acceptors (Lipinski definition) is 5. The first kappa shape index (κ1) is 16.0. The summed E-state index contributed by atoms with van der Waals surface area (Å²) in [6.45, 7) is 0. The number of phenolic OH excluding ortho intramolecular Hbond substituents is 1. The van der Waals surface area contributed by atoms with E-state index in [1.165, 1.54) is 6.07 Å². The molecular weight excluding hydrogens is 350 g/mol. The molecule has 2 heterocycles. The van der Waals surface area contributed by atoms with Crippen LogP contribution in [0.15, 0.2) is 36.7 Å². The maximum absolute atomic E-state index is 13.0. The van der Waals surface area contributed by atoms with Crippen LogP contribution < -0.4 is 5.32 Å². The number of aromatic nitrogens is 3. The first-order chi connectivity index (χ1) is 11.9. The van der Waals surface area contributed by atoms with Crippen molar-refractivity contribution in [3.05, 3.63) is 41.7 Å². The number of alkyl halides is 2.